The third kappa shape index (κ3) is 4.16. The van der Waals surface area contributed by atoms with E-state index in [-0.39, 0.29) is 22.4 Å². The molecule has 0 bridgehead atoms. The molecule has 2 amide bonds. The van der Waals surface area contributed by atoms with E-state index >= 15 is 0 Å². The number of anilines is 1. The van der Waals surface area contributed by atoms with Gasteiger partial charge >= 0.3 is 5.69 Å². The van der Waals surface area contributed by atoms with Gasteiger partial charge in [0, 0.05) is 16.5 Å². The number of nitrogens with one attached hydrogen (secondary N) is 1. The number of amides is 2. The second-order valence-electron chi connectivity index (χ2n) is 8.48. The molecular weight excluding hydrogens is 406 g/mol. The van der Waals surface area contributed by atoms with Crippen LogP contribution in [0, 0.1) is 21.4 Å². The predicted molar refractivity (Wildman–Crippen MR) is 115 cm³/mol. The van der Waals surface area contributed by atoms with Gasteiger partial charge < -0.3 is 15.8 Å². The third-order valence-electron chi connectivity index (χ3n) is 5.60. The second kappa shape index (κ2) is 8.06. The highest BCUT2D eigenvalue weighted by molar-refractivity contribution is 7.17. The van der Waals surface area contributed by atoms with Gasteiger partial charge in [0.2, 0.25) is 0 Å². The summed E-state index contributed by atoms with van der Waals surface area (Å²) < 4.78 is 4.97. The Morgan fingerprint density at radius 2 is 2.03 bits per heavy atom. The Morgan fingerprint density at radius 1 is 1.33 bits per heavy atom. The first kappa shape index (κ1) is 21.8. The summed E-state index contributed by atoms with van der Waals surface area (Å²) >= 11 is 1.36. The molecule has 1 aromatic heterocycles. The van der Waals surface area contributed by atoms with Crippen LogP contribution in [0.3, 0.4) is 0 Å². The lowest BCUT2D eigenvalue weighted by atomic mass is 9.72. The van der Waals surface area contributed by atoms with Crippen molar-refractivity contribution in [1.29, 1.82) is 0 Å². The zero-order valence-electron chi connectivity index (χ0n) is 17.4. The summed E-state index contributed by atoms with van der Waals surface area (Å²) in [6.07, 6.45) is 2.51. The van der Waals surface area contributed by atoms with Crippen LogP contribution in [-0.4, -0.2) is 23.8 Å². The van der Waals surface area contributed by atoms with Crippen LogP contribution in [0.25, 0.3) is 0 Å². The molecule has 3 N–H and O–H groups in total. The van der Waals surface area contributed by atoms with Gasteiger partial charge in [-0.05, 0) is 48.3 Å². The topological polar surface area (TPSA) is 125 Å². The largest absolute Gasteiger partial charge is 0.490 e. The number of fused-ring (bicyclic) bond motifs is 1. The lowest BCUT2D eigenvalue weighted by molar-refractivity contribution is -0.385. The minimum atomic E-state index is -0.610. The average Bonchev–Trinajstić information content (AvgIpc) is 3.03. The molecular formula is C21H25N3O5S. The number of carbonyl (C=O) groups excluding carboxylic acids is 2. The number of hydrogen-bond donors (Lipinski definition) is 2. The van der Waals surface area contributed by atoms with Crippen molar-refractivity contribution in [2.45, 2.75) is 40.0 Å². The molecule has 2 aromatic rings. The van der Waals surface area contributed by atoms with Gasteiger partial charge in [-0.15, -0.1) is 11.3 Å². The number of rotatable bonds is 5. The lowest BCUT2D eigenvalue weighted by Crippen LogP contribution is -2.27. The summed E-state index contributed by atoms with van der Waals surface area (Å²) in [5.74, 6) is -0.599. The highest BCUT2D eigenvalue weighted by Gasteiger charge is 2.33. The fraction of sp³-hybridized carbons (Fsp3) is 0.429. The Kier molecular flexibility index (Phi) is 5.85. The summed E-state index contributed by atoms with van der Waals surface area (Å²) in [6.45, 7) is 6.60. The molecule has 160 valence electrons. The smallest absolute Gasteiger partial charge is 0.311 e. The molecule has 9 heteroatoms. The fourth-order valence-corrected chi connectivity index (χ4v) is 5.15. The monoisotopic (exact) mass is 431 g/mol. The molecule has 30 heavy (non-hydrogen) atoms. The Balaban J connectivity index is 1.93. The van der Waals surface area contributed by atoms with Gasteiger partial charge in [-0.2, -0.15) is 0 Å². The van der Waals surface area contributed by atoms with E-state index in [0.717, 1.165) is 35.8 Å². The van der Waals surface area contributed by atoms with Crippen LogP contribution in [0.2, 0.25) is 0 Å². The molecule has 1 aliphatic carbocycles. The molecule has 1 atom stereocenters. The number of methoxy groups -OCH3 is 1. The van der Waals surface area contributed by atoms with Crippen molar-refractivity contribution in [2.75, 3.05) is 12.4 Å². The molecule has 0 saturated carbocycles. The standard InChI is InChI=1S/C21H25N3O5S/c1-21(2,3)12-6-7-13-16(10-12)30-20(17(13)18(22)25)23-19(26)11-5-8-15(29-4)14(9-11)24(27)28/h5,8-9,12H,6-7,10H2,1-4H3,(H2,22,25)(H,23,26)/t12-/m1/s1. The lowest BCUT2D eigenvalue weighted by Gasteiger charge is -2.33. The number of nitrogens with two attached hydrogens (primary N) is 1. The van der Waals surface area contributed by atoms with Gasteiger partial charge in [0.25, 0.3) is 11.8 Å². The first-order valence-electron chi connectivity index (χ1n) is 9.61. The molecule has 3 rings (SSSR count). The van der Waals surface area contributed by atoms with Crippen LogP contribution in [0.1, 0.15) is 58.3 Å². The normalized spacial score (nSPS) is 15.9. The maximum atomic E-state index is 12.8. The molecule has 0 aliphatic heterocycles. The number of primary amides is 1. The Morgan fingerprint density at radius 3 is 2.60 bits per heavy atom. The van der Waals surface area contributed by atoms with Gasteiger partial charge in [0.1, 0.15) is 5.00 Å². The number of nitro groups is 1. The van der Waals surface area contributed by atoms with Crippen molar-refractivity contribution in [3.8, 4) is 5.75 Å². The molecule has 1 heterocycles. The maximum Gasteiger partial charge on any atom is 0.311 e. The molecule has 1 aliphatic rings. The molecule has 0 saturated heterocycles. The number of nitrogens with zero attached hydrogens (tertiary/aromatic N) is 1. The van der Waals surface area contributed by atoms with Gasteiger partial charge in [-0.1, -0.05) is 20.8 Å². The maximum absolute atomic E-state index is 12.8. The third-order valence-corrected chi connectivity index (χ3v) is 6.77. The number of ether oxygens (including phenoxy) is 1. The number of carbonyl (C=O) groups is 2. The van der Waals surface area contributed by atoms with E-state index in [1.54, 1.807) is 0 Å². The van der Waals surface area contributed by atoms with E-state index in [0.29, 0.717) is 16.5 Å². The van der Waals surface area contributed by atoms with E-state index in [9.17, 15) is 19.7 Å². The van der Waals surface area contributed by atoms with E-state index < -0.39 is 16.7 Å². The van der Waals surface area contributed by atoms with Gasteiger partial charge in [-0.25, -0.2) is 0 Å². The van der Waals surface area contributed by atoms with Crippen LogP contribution >= 0.6 is 11.3 Å². The van der Waals surface area contributed by atoms with Crippen LogP contribution in [-0.2, 0) is 12.8 Å². The van der Waals surface area contributed by atoms with Gasteiger partial charge in [-0.3, -0.25) is 19.7 Å². The highest BCUT2D eigenvalue weighted by Crippen LogP contribution is 2.44. The molecule has 0 fully saturated rings. The first-order chi connectivity index (χ1) is 14.0. The summed E-state index contributed by atoms with van der Waals surface area (Å²) in [5.41, 5.74) is 6.81. The molecule has 8 nitrogen and oxygen atoms in total. The number of hydrogen-bond acceptors (Lipinski definition) is 6. The zero-order chi connectivity index (χ0) is 22.2. The first-order valence-corrected chi connectivity index (χ1v) is 10.4. The zero-order valence-corrected chi connectivity index (χ0v) is 18.2. The van der Waals surface area contributed by atoms with Crippen molar-refractivity contribution in [1.82, 2.24) is 0 Å². The Bertz CT molecular complexity index is 1020. The molecule has 0 unspecified atom stereocenters. The van der Waals surface area contributed by atoms with Gasteiger partial charge in [0.05, 0.1) is 17.6 Å². The van der Waals surface area contributed by atoms with E-state index in [4.69, 9.17) is 10.5 Å². The summed E-state index contributed by atoms with van der Waals surface area (Å²) in [4.78, 5) is 36.6. The van der Waals surface area contributed by atoms with Crippen molar-refractivity contribution >= 4 is 33.8 Å². The van der Waals surface area contributed by atoms with Crippen molar-refractivity contribution < 1.29 is 19.2 Å². The molecule has 0 spiro atoms. The van der Waals surface area contributed by atoms with Crippen LogP contribution < -0.4 is 15.8 Å². The van der Waals surface area contributed by atoms with Crippen molar-refractivity contribution in [3.63, 3.8) is 0 Å². The van der Waals surface area contributed by atoms with Crippen LogP contribution in [0.4, 0.5) is 10.7 Å². The summed E-state index contributed by atoms with van der Waals surface area (Å²) in [5, 5.41) is 14.4. The highest BCUT2D eigenvalue weighted by atomic mass is 32.1. The van der Waals surface area contributed by atoms with Crippen molar-refractivity contribution in [2.24, 2.45) is 17.1 Å². The fourth-order valence-electron chi connectivity index (χ4n) is 3.82. The summed E-state index contributed by atoms with van der Waals surface area (Å²) in [7, 11) is 1.32. The Labute approximate surface area is 178 Å². The van der Waals surface area contributed by atoms with E-state index in [1.165, 1.54) is 30.6 Å². The quantitative estimate of drug-likeness (QED) is 0.543. The molecule has 0 radical (unpaired) electrons. The average molecular weight is 432 g/mol. The number of thiophene rings is 1. The number of nitro benzene ring substituents is 1. The summed E-state index contributed by atoms with van der Waals surface area (Å²) in [6, 6.07) is 3.96. The van der Waals surface area contributed by atoms with Gasteiger partial charge in [0.15, 0.2) is 5.75 Å². The minimum absolute atomic E-state index is 0.0641. The van der Waals surface area contributed by atoms with Crippen LogP contribution in [0.15, 0.2) is 18.2 Å². The van der Waals surface area contributed by atoms with E-state index in [1.807, 2.05) is 0 Å². The Hall–Kier alpha value is -2.94. The van der Waals surface area contributed by atoms with E-state index in [2.05, 4.69) is 26.1 Å². The minimum Gasteiger partial charge on any atom is -0.490 e. The predicted octanol–water partition coefficient (Wildman–Crippen LogP) is 4.17. The SMILES string of the molecule is COc1ccc(C(=O)Nc2sc3c(c2C(N)=O)CC[C@@H](C(C)(C)C)C3)cc1[N+](=O)[O-]. The van der Waals surface area contributed by atoms with Crippen molar-refractivity contribution in [3.05, 3.63) is 49.9 Å². The molecule has 1 aromatic carbocycles. The number of benzene rings is 1. The second-order valence-corrected chi connectivity index (χ2v) is 9.58. The van der Waals surface area contributed by atoms with Crippen LogP contribution in [0.5, 0.6) is 5.75 Å².